The van der Waals surface area contributed by atoms with E-state index in [0.717, 1.165) is 12.1 Å². The molecule has 0 bridgehead atoms. The maximum Gasteiger partial charge on any atom is 0.277 e. The molecule has 0 N–H and O–H groups in total. The summed E-state index contributed by atoms with van der Waals surface area (Å²) in [7, 11) is 0. The summed E-state index contributed by atoms with van der Waals surface area (Å²) < 4.78 is 18.5. The van der Waals surface area contributed by atoms with E-state index in [1.807, 2.05) is 0 Å². The third kappa shape index (κ3) is 3.38. The first-order chi connectivity index (χ1) is 9.06. The molecule has 2 rings (SSSR count). The fourth-order valence-electron chi connectivity index (χ4n) is 1.41. The quantitative estimate of drug-likeness (QED) is 0.490. The van der Waals surface area contributed by atoms with E-state index in [9.17, 15) is 14.5 Å². The van der Waals surface area contributed by atoms with Crippen LogP contribution in [0.5, 0.6) is 5.88 Å². The highest BCUT2D eigenvalue weighted by Crippen LogP contribution is 2.22. The summed E-state index contributed by atoms with van der Waals surface area (Å²) in [5, 5.41) is 10.6. The second-order valence-corrected chi connectivity index (χ2v) is 4.01. The molecular weight excluding hydrogens is 275 g/mol. The minimum Gasteiger partial charge on any atom is -0.472 e. The van der Waals surface area contributed by atoms with E-state index in [2.05, 4.69) is 4.98 Å². The number of hydrogen-bond acceptors (Lipinski definition) is 4. The fraction of sp³-hybridized carbons (Fsp3) is 0.0833. The lowest BCUT2D eigenvalue weighted by molar-refractivity contribution is -0.385. The molecule has 7 heteroatoms. The predicted octanol–water partition coefficient (Wildman–Crippen LogP) is 3.36. The Morgan fingerprint density at radius 3 is 2.79 bits per heavy atom. The van der Waals surface area contributed by atoms with Gasteiger partial charge >= 0.3 is 0 Å². The number of ether oxygens (including phenoxy) is 1. The smallest absolute Gasteiger partial charge is 0.277 e. The van der Waals surface area contributed by atoms with Crippen LogP contribution in [-0.2, 0) is 6.61 Å². The summed E-state index contributed by atoms with van der Waals surface area (Å²) in [4.78, 5) is 13.8. The summed E-state index contributed by atoms with van der Waals surface area (Å²) >= 11 is 5.64. The van der Waals surface area contributed by atoms with Crippen LogP contribution in [0.15, 0.2) is 36.4 Å². The average Bonchev–Trinajstić information content (AvgIpc) is 2.37. The van der Waals surface area contributed by atoms with Crippen molar-refractivity contribution in [3.63, 3.8) is 0 Å². The van der Waals surface area contributed by atoms with Crippen LogP contribution in [0.25, 0.3) is 0 Å². The normalized spacial score (nSPS) is 10.2. The third-order valence-corrected chi connectivity index (χ3v) is 2.49. The Labute approximate surface area is 112 Å². The molecule has 1 aromatic carbocycles. The van der Waals surface area contributed by atoms with Gasteiger partial charge in [0.05, 0.1) is 17.1 Å². The van der Waals surface area contributed by atoms with E-state index < -0.39 is 10.7 Å². The Morgan fingerprint density at radius 2 is 2.11 bits per heavy atom. The molecule has 0 saturated carbocycles. The number of rotatable bonds is 4. The zero-order chi connectivity index (χ0) is 13.8. The van der Waals surface area contributed by atoms with Gasteiger partial charge in [-0.3, -0.25) is 10.1 Å². The predicted molar refractivity (Wildman–Crippen MR) is 66.6 cm³/mol. The van der Waals surface area contributed by atoms with E-state index in [4.69, 9.17) is 16.3 Å². The molecule has 5 nitrogen and oxygen atoms in total. The second kappa shape index (κ2) is 5.62. The van der Waals surface area contributed by atoms with Crippen molar-refractivity contribution in [1.29, 1.82) is 0 Å². The molecule has 0 unspecified atom stereocenters. The van der Waals surface area contributed by atoms with Crippen LogP contribution in [-0.4, -0.2) is 9.91 Å². The van der Waals surface area contributed by atoms with Gasteiger partial charge in [-0.2, -0.15) is 0 Å². The second-order valence-electron chi connectivity index (χ2n) is 3.62. The van der Waals surface area contributed by atoms with Crippen molar-refractivity contribution in [2.75, 3.05) is 0 Å². The topological polar surface area (TPSA) is 65.3 Å². The molecule has 0 aliphatic heterocycles. The zero-order valence-corrected chi connectivity index (χ0v) is 10.3. The highest BCUT2D eigenvalue weighted by molar-refractivity contribution is 6.29. The molecule has 19 heavy (non-hydrogen) atoms. The summed E-state index contributed by atoms with van der Waals surface area (Å²) in [6, 6.07) is 8.31. The van der Waals surface area contributed by atoms with E-state index in [-0.39, 0.29) is 23.3 Å². The molecule has 0 amide bonds. The SMILES string of the molecule is O=[N+]([O-])c1cc(Cl)nc(OCc2ccccc2F)c1. The van der Waals surface area contributed by atoms with Crippen molar-refractivity contribution in [3.8, 4) is 5.88 Å². The van der Waals surface area contributed by atoms with Gasteiger partial charge in [0, 0.05) is 5.56 Å². The van der Waals surface area contributed by atoms with Crippen molar-refractivity contribution in [2.24, 2.45) is 0 Å². The number of pyridine rings is 1. The summed E-state index contributed by atoms with van der Waals surface area (Å²) in [6.07, 6.45) is 0. The molecule has 1 aromatic heterocycles. The van der Waals surface area contributed by atoms with Crippen LogP contribution in [0.2, 0.25) is 5.15 Å². The largest absolute Gasteiger partial charge is 0.472 e. The molecule has 0 aliphatic rings. The lowest BCUT2D eigenvalue weighted by Gasteiger charge is -2.06. The molecule has 0 saturated heterocycles. The molecule has 1 heterocycles. The summed E-state index contributed by atoms with van der Waals surface area (Å²) in [6.45, 7) is -0.0861. The van der Waals surface area contributed by atoms with Crippen molar-refractivity contribution in [2.45, 2.75) is 6.61 Å². The lowest BCUT2D eigenvalue weighted by atomic mass is 10.2. The average molecular weight is 283 g/mol. The Balaban J connectivity index is 2.16. The van der Waals surface area contributed by atoms with Gasteiger partial charge in [0.25, 0.3) is 5.69 Å². The van der Waals surface area contributed by atoms with E-state index in [0.29, 0.717) is 5.56 Å². The number of hydrogen-bond donors (Lipinski definition) is 0. The molecule has 0 atom stereocenters. The highest BCUT2D eigenvalue weighted by atomic mass is 35.5. The van der Waals surface area contributed by atoms with Gasteiger partial charge in [-0.05, 0) is 6.07 Å². The third-order valence-electron chi connectivity index (χ3n) is 2.30. The Kier molecular flexibility index (Phi) is 3.91. The van der Waals surface area contributed by atoms with Crippen LogP contribution in [0.3, 0.4) is 0 Å². The molecule has 0 fully saturated rings. The Hall–Kier alpha value is -2.21. The van der Waals surface area contributed by atoms with Gasteiger partial charge in [0.2, 0.25) is 5.88 Å². The van der Waals surface area contributed by atoms with Gasteiger partial charge in [-0.25, -0.2) is 9.37 Å². The highest BCUT2D eigenvalue weighted by Gasteiger charge is 2.11. The molecule has 0 aliphatic carbocycles. The van der Waals surface area contributed by atoms with Crippen LogP contribution in [0, 0.1) is 15.9 Å². The molecule has 0 radical (unpaired) electrons. The van der Waals surface area contributed by atoms with Gasteiger partial charge < -0.3 is 4.74 Å². The summed E-state index contributed by atoms with van der Waals surface area (Å²) in [5.41, 5.74) is 0.0930. The van der Waals surface area contributed by atoms with Crippen molar-refractivity contribution in [1.82, 2.24) is 4.98 Å². The first-order valence-electron chi connectivity index (χ1n) is 5.24. The lowest BCUT2D eigenvalue weighted by Crippen LogP contribution is -2.00. The standard InChI is InChI=1S/C12H8ClFN2O3/c13-11-5-9(16(17)18)6-12(15-11)19-7-8-3-1-2-4-10(8)14/h1-6H,7H2. The number of benzene rings is 1. The van der Waals surface area contributed by atoms with E-state index in [1.165, 1.54) is 6.07 Å². The molecular formula is C12H8ClFN2O3. The first kappa shape index (κ1) is 13.2. The van der Waals surface area contributed by atoms with Crippen LogP contribution in [0.1, 0.15) is 5.56 Å². The van der Waals surface area contributed by atoms with Gasteiger partial charge in [0.1, 0.15) is 17.6 Å². The first-order valence-corrected chi connectivity index (χ1v) is 5.62. The van der Waals surface area contributed by atoms with Crippen LogP contribution < -0.4 is 4.74 Å². The van der Waals surface area contributed by atoms with Crippen LogP contribution in [0.4, 0.5) is 10.1 Å². The number of nitro groups is 1. The minimum atomic E-state index is -0.608. The molecule has 98 valence electrons. The van der Waals surface area contributed by atoms with E-state index in [1.54, 1.807) is 18.2 Å². The Morgan fingerprint density at radius 1 is 1.37 bits per heavy atom. The number of nitrogens with zero attached hydrogens (tertiary/aromatic N) is 2. The molecule has 2 aromatic rings. The van der Waals surface area contributed by atoms with Crippen molar-refractivity contribution in [3.05, 3.63) is 63.0 Å². The van der Waals surface area contributed by atoms with Gasteiger partial charge in [-0.15, -0.1) is 0 Å². The monoisotopic (exact) mass is 282 g/mol. The minimum absolute atomic E-state index is 0.0255. The maximum atomic E-state index is 13.3. The van der Waals surface area contributed by atoms with Crippen molar-refractivity contribution >= 4 is 17.3 Å². The van der Waals surface area contributed by atoms with Crippen molar-refractivity contribution < 1.29 is 14.1 Å². The zero-order valence-electron chi connectivity index (χ0n) is 9.55. The number of aromatic nitrogens is 1. The maximum absolute atomic E-state index is 13.3. The fourth-order valence-corrected chi connectivity index (χ4v) is 1.60. The molecule has 0 spiro atoms. The van der Waals surface area contributed by atoms with Gasteiger partial charge in [-0.1, -0.05) is 29.8 Å². The van der Waals surface area contributed by atoms with Crippen LogP contribution >= 0.6 is 11.6 Å². The van der Waals surface area contributed by atoms with E-state index >= 15 is 0 Å². The van der Waals surface area contributed by atoms with Gasteiger partial charge in [0.15, 0.2) is 0 Å². The number of halogens is 2. The summed E-state index contributed by atoms with van der Waals surface area (Å²) in [5.74, 6) is -0.443. The Bertz CT molecular complexity index is 622.